The average molecular weight is 436 g/mol. The molecule has 4 rings (SSSR count). The number of hydrogen-bond acceptors (Lipinski definition) is 7. The first-order valence-corrected chi connectivity index (χ1v) is 10.5. The number of furan rings is 1. The Bertz CT molecular complexity index is 1170. The van der Waals surface area contributed by atoms with Gasteiger partial charge in [-0.3, -0.25) is 9.36 Å². The van der Waals surface area contributed by atoms with Crippen molar-refractivity contribution >= 4 is 18.0 Å². The number of ether oxygens (including phenoxy) is 2. The average Bonchev–Trinajstić information content (AvgIpc) is 3.48. The smallest absolute Gasteiger partial charge is 0.192 e. The highest BCUT2D eigenvalue weighted by Crippen LogP contribution is 2.31. The van der Waals surface area contributed by atoms with Crippen LogP contribution >= 0.6 is 11.8 Å². The minimum atomic E-state index is 0.486. The van der Waals surface area contributed by atoms with Crippen molar-refractivity contribution in [3.05, 3.63) is 77.7 Å². The molecule has 0 aliphatic carbocycles. The van der Waals surface area contributed by atoms with Crippen molar-refractivity contribution in [2.24, 2.45) is 0 Å². The zero-order chi connectivity index (χ0) is 21.6. The Morgan fingerprint density at radius 1 is 1.06 bits per heavy atom. The summed E-state index contributed by atoms with van der Waals surface area (Å²) in [6.07, 6.45) is 2.47. The Morgan fingerprint density at radius 2 is 1.97 bits per heavy atom. The Hall–Kier alpha value is -3.52. The van der Waals surface area contributed by atoms with E-state index < -0.39 is 0 Å². The second-order valence-electron chi connectivity index (χ2n) is 6.68. The van der Waals surface area contributed by atoms with Crippen LogP contribution in [0.1, 0.15) is 21.7 Å². The first-order chi connectivity index (χ1) is 15.2. The molecule has 4 aromatic rings. The molecule has 0 bridgehead atoms. The Morgan fingerprint density at radius 3 is 2.71 bits per heavy atom. The van der Waals surface area contributed by atoms with E-state index in [0.717, 1.165) is 39.8 Å². The van der Waals surface area contributed by atoms with E-state index in [1.807, 2.05) is 47.0 Å². The van der Waals surface area contributed by atoms with Crippen molar-refractivity contribution < 1.29 is 18.7 Å². The van der Waals surface area contributed by atoms with Crippen LogP contribution in [0.4, 0.5) is 0 Å². The van der Waals surface area contributed by atoms with Crippen LogP contribution in [0.25, 0.3) is 11.4 Å². The molecule has 2 aromatic heterocycles. The number of aldehydes is 1. The van der Waals surface area contributed by atoms with Crippen molar-refractivity contribution in [1.82, 2.24) is 14.8 Å². The maximum absolute atomic E-state index is 11.2. The molecule has 0 saturated carbocycles. The lowest BCUT2D eigenvalue weighted by atomic mass is 10.1. The lowest BCUT2D eigenvalue weighted by molar-refractivity contribution is 0.112. The second-order valence-corrected chi connectivity index (χ2v) is 7.62. The van der Waals surface area contributed by atoms with Gasteiger partial charge in [-0.1, -0.05) is 23.9 Å². The molecule has 0 unspecified atom stereocenters. The summed E-state index contributed by atoms with van der Waals surface area (Å²) < 4.78 is 18.4. The minimum Gasteiger partial charge on any atom is -0.497 e. The van der Waals surface area contributed by atoms with E-state index in [4.69, 9.17) is 13.9 Å². The number of methoxy groups -OCH3 is 2. The van der Waals surface area contributed by atoms with E-state index in [0.29, 0.717) is 23.7 Å². The van der Waals surface area contributed by atoms with Crippen molar-refractivity contribution in [3.8, 4) is 22.9 Å². The third-order valence-corrected chi connectivity index (χ3v) is 5.75. The fourth-order valence-corrected chi connectivity index (χ4v) is 4.11. The van der Waals surface area contributed by atoms with Crippen LogP contribution < -0.4 is 9.47 Å². The third-order valence-electron chi connectivity index (χ3n) is 4.74. The molecule has 0 amide bonds. The van der Waals surface area contributed by atoms with Gasteiger partial charge in [-0.2, -0.15) is 0 Å². The molecule has 0 N–H and O–H groups in total. The maximum Gasteiger partial charge on any atom is 0.192 e. The quantitative estimate of drug-likeness (QED) is 0.278. The van der Waals surface area contributed by atoms with Crippen molar-refractivity contribution in [2.45, 2.75) is 17.5 Å². The molecule has 0 radical (unpaired) electrons. The van der Waals surface area contributed by atoms with Crippen LogP contribution in [0.2, 0.25) is 0 Å². The fraction of sp³-hybridized carbons (Fsp3) is 0.174. The lowest BCUT2D eigenvalue weighted by Gasteiger charge is -2.11. The standard InChI is InChI=1S/C23H21N3O4S/c1-28-19-6-3-5-17(12-19)22-24-25-23(26(22)13-20-7-4-10-30-20)31-15-18-11-16(14-27)8-9-21(18)29-2/h3-12,14H,13,15H2,1-2H3. The number of rotatable bonds is 9. The van der Waals surface area contributed by atoms with Crippen LogP contribution in [-0.2, 0) is 12.3 Å². The van der Waals surface area contributed by atoms with Crippen molar-refractivity contribution in [1.29, 1.82) is 0 Å². The van der Waals surface area contributed by atoms with E-state index in [1.54, 1.807) is 32.6 Å². The predicted molar refractivity (Wildman–Crippen MR) is 118 cm³/mol. The Balaban J connectivity index is 1.67. The molecule has 7 nitrogen and oxygen atoms in total. The number of hydrogen-bond donors (Lipinski definition) is 0. The summed E-state index contributed by atoms with van der Waals surface area (Å²) in [4.78, 5) is 11.2. The van der Waals surface area contributed by atoms with Gasteiger partial charge in [0.1, 0.15) is 23.5 Å². The molecule has 0 fully saturated rings. The minimum absolute atomic E-state index is 0.486. The molecule has 0 aliphatic rings. The summed E-state index contributed by atoms with van der Waals surface area (Å²) in [6, 6.07) is 16.8. The highest BCUT2D eigenvalue weighted by atomic mass is 32.2. The molecule has 2 aromatic carbocycles. The molecule has 0 saturated heterocycles. The number of aromatic nitrogens is 3. The van der Waals surface area contributed by atoms with Crippen LogP contribution in [-0.4, -0.2) is 35.3 Å². The SMILES string of the molecule is COc1cccc(-c2nnc(SCc3cc(C=O)ccc3OC)n2Cc2ccco2)c1. The molecule has 0 spiro atoms. The first-order valence-electron chi connectivity index (χ1n) is 9.56. The highest BCUT2D eigenvalue weighted by molar-refractivity contribution is 7.98. The summed E-state index contributed by atoms with van der Waals surface area (Å²) >= 11 is 1.52. The number of thioether (sulfide) groups is 1. The van der Waals surface area contributed by atoms with Gasteiger partial charge < -0.3 is 13.9 Å². The highest BCUT2D eigenvalue weighted by Gasteiger charge is 2.17. The van der Waals surface area contributed by atoms with Crippen molar-refractivity contribution in [3.63, 3.8) is 0 Å². The summed E-state index contributed by atoms with van der Waals surface area (Å²) in [5.74, 6) is 3.55. The van der Waals surface area contributed by atoms with Crippen LogP contribution in [0.15, 0.2) is 70.4 Å². The molecule has 0 aliphatic heterocycles. The predicted octanol–water partition coefficient (Wildman–Crippen LogP) is 4.71. The van der Waals surface area contributed by atoms with Gasteiger partial charge in [0.15, 0.2) is 11.0 Å². The van der Waals surface area contributed by atoms with Crippen molar-refractivity contribution in [2.75, 3.05) is 14.2 Å². The Labute approximate surface area is 184 Å². The number of benzene rings is 2. The fourth-order valence-electron chi connectivity index (χ4n) is 3.20. The lowest BCUT2D eigenvalue weighted by Crippen LogP contribution is -2.04. The van der Waals surface area contributed by atoms with Gasteiger partial charge in [-0.05, 0) is 42.5 Å². The zero-order valence-electron chi connectivity index (χ0n) is 17.1. The first kappa shape index (κ1) is 20.7. The molecular formula is C23H21N3O4S. The molecule has 31 heavy (non-hydrogen) atoms. The largest absolute Gasteiger partial charge is 0.497 e. The van der Waals surface area contributed by atoms with E-state index in [9.17, 15) is 4.79 Å². The van der Waals surface area contributed by atoms with Gasteiger partial charge in [0.05, 0.1) is 27.0 Å². The van der Waals surface area contributed by atoms with Gasteiger partial charge in [0, 0.05) is 22.4 Å². The summed E-state index contributed by atoms with van der Waals surface area (Å²) in [5.41, 5.74) is 2.41. The summed E-state index contributed by atoms with van der Waals surface area (Å²) in [5, 5.41) is 9.59. The second kappa shape index (κ2) is 9.53. The number of carbonyl (C=O) groups is 1. The molecular weight excluding hydrogens is 414 g/mol. The van der Waals surface area contributed by atoms with Gasteiger partial charge in [-0.25, -0.2) is 0 Å². The summed E-state index contributed by atoms with van der Waals surface area (Å²) in [7, 11) is 3.25. The molecule has 0 atom stereocenters. The zero-order valence-corrected chi connectivity index (χ0v) is 18.0. The molecule has 2 heterocycles. The topological polar surface area (TPSA) is 79.4 Å². The van der Waals surface area contributed by atoms with Crippen LogP contribution in [0, 0.1) is 0 Å². The van der Waals surface area contributed by atoms with Gasteiger partial charge in [0.25, 0.3) is 0 Å². The number of carbonyl (C=O) groups excluding carboxylic acids is 1. The monoisotopic (exact) mass is 435 g/mol. The Kier molecular flexibility index (Phi) is 6.37. The summed E-state index contributed by atoms with van der Waals surface area (Å²) in [6.45, 7) is 0.486. The molecule has 8 heteroatoms. The van der Waals surface area contributed by atoms with Gasteiger partial charge in [0.2, 0.25) is 0 Å². The van der Waals surface area contributed by atoms with E-state index in [1.165, 1.54) is 11.8 Å². The third kappa shape index (κ3) is 4.64. The maximum atomic E-state index is 11.2. The van der Waals surface area contributed by atoms with Gasteiger partial charge in [-0.15, -0.1) is 10.2 Å². The van der Waals surface area contributed by atoms with E-state index in [-0.39, 0.29) is 0 Å². The normalized spacial score (nSPS) is 10.8. The van der Waals surface area contributed by atoms with Gasteiger partial charge >= 0.3 is 0 Å². The van der Waals surface area contributed by atoms with E-state index in [2.05, 4.69) is 10.2 Å². The number of nitrogens with zero attached hydrogens (tertiary/aromatic N) is 3. The van der Waals surface area contributed by atoms with Crippen LogP contribution in [0.5, 0.6) is 11.5 Å². The molecule has 158 valence electrons. The van der Waals surface area contributed by atoms with Crippen LogP contribution in [0.3, 0.4) is 0 Å². The van der Waals surface area contributed by atoms with E-state index >= 15 is 0 Å².